The number of oxazole rings is 1. The van der Waals surface area contributed by atoms with Gasteiger partial charge in [0.25, 0.3) is 0 Å². The molecule has 0 radical (unpaired) electrons. The average molecular weight is 197 g/mol. The molecule has 1 fully saturated rings. The van der Waals surface area contributed by atoms with Gasteiger partial charge in [0.2, 0.25) is 0 Å². The summed E-state index contributed by atoms with van der Waals surface area (Å²) in [5.74, 6) is -0.598. The van der Waals surface area contributed by atoms with Gasteiger partial charge in [-0.3, -0.25) is 0 Å². The van der Waals surface area contributed by atoms with Gasteiger partial charge in [0.05, 0.1) is 6.10 Å². The van der Waals surface area contributed by atoms with E-state index in [1.807, 2.05) is 6.92 Å². The standard InChI is InChI=1S/C9H11NO4/c1-5-6(2-3-13-5)8-7(9(11)12)10-4-14-8/h4-6H,2-3H2,1H3,(H,11,12). The van der Waals surface area contributed by atoms with Crippen molar-refractivity contribution in [3.63, 3.8) is 0 Å². The van der Waals surface area contributed by atoms with Crippen LogP contribution in [0.2, 0.25) is 0 Å². The Labute approximate surface area is 80.7 Å². The van der Waals surface area contributed by atoms with Gasteiger partial charge in [0.15, 0.2) is 12.1 Å². The summed E-state index contributed by atoms with van der Waals surface area (Å²) in [5, 5.41) is 8.84. The van der Waals surface area contributed by atoms with E-state index in [0.29, 0.717) is 12.4 Å². The van der Waals surface area contributed by atoms with Crippen molar-refractivity contribution in [2.75, 3.05) is 6.61 Å². The molecule has 1 aliphatic heterocycles. The molecule has 2 atom stereocenters. The minimum atomic E-state index is -1.05. The van der Waals surface area contributed by atoms with E-state index in [9.17, 15) is 4.79 Å². The van der Waals surface area contributed by atoms with Crippen molar-refractivity contribution in [3.05, 3.63) is 17.8 Å². The summed E-state index contributed by atoms with van der Waals surface area (Å²) < 4.78 is 10.5. The molecule has 5 nitrogen and oxygen atoms in total. The van der Waals surface area contributed by atoms with Gasteiger partial charge >= 0.3 is 5.97 Å². The predicted molar refractivity (Wildman–Crippen MR) is 46.2 cm³/mol. The topological polar surface area (TPSA) is 72.6 Å². The number of nitrogens with zero attached hydrogens (tertiary/aromatic N) is 1. The molecule has 1 aliphatic rings. The lowest BCUT2D eigenvalue weighted by Crippen LogP contribution is -2.12. The Morgan fingerprint density at radius 1 is 1.71 bits per heavy atom. The lowest BCUT2D eigenvalue weighted by Gasteiger charge is -2.10. The van der Waals surface area contributed by atoms with E-state index in [2.05, 4.69) is 4.98 Å². The maximum absolute atomic E-state index is 10.8. The Morgan fingerprint density at radius 3 is 3.07 bits per heavy atom. The van der Waals surface area contributed by atoms with Crippen molar-refractivity contribution in [1.29, 1.82) is 0 Å². The van der Waals surface area contributed by atoms with Crippen LogP contribution in [-0.2, 0) is 4.74 Å². The highest BCUT2D eigenvalue weighted by Gasteiger charge is 2.32. The second kappa shape index (κ2) is 3.42. The maximum Gasteiger partial charge on any atom is 0.358 e. The Hall–Kier alpha value is -1.36. The normalized spacial score (nSPS) is 26.6. The summed E-state index contributed by atoms with van der Waals surface area (Å²) in [4.78, 5) is 14.5. The molecule has 2 heterocycles. The van der Waals surface area contributed by atoms with Crippen molar-refractivity contribution in [2.24, 2.45) is 0 Å². The summed E-state index contributed by atoms with van der Waals surface area (Å²) in [7, 11) is 0. The van der Waals surface area contributed by atoms with Crippen LogP contribution in [0.15, 0.2) is 10.8 Å². The van der Waals surface area contributed by atoms with E-state index >= 15 is 0 Å². The number of rotatable bonds is 2. The second-order valence-corrected chi connectivity index (χ2v) is 3.34. The van der Waals surface area contributed by atoms with Crippen LogP contribution in [-0.4, -0.2) is 28.8 Å². The average Bonchev–Trinajstić information content (AvgIpc) is 2.70. The number of hydrogen-bond acceptors (Lipinski definition) is 4. The van der Waals surface area contributed by atoms with E-state index in [0.717, 1.165) is 6.42 Å². The van der Waals surface area contributed by atoms with E-state index < -0.39 is 5.97 Å². The van der Waals surface area contributed by atoms with Gasteiger partial charge in [-0.2, -0.15) is 0 Å². The third kappa shape index (κ3) is 1.39. The van der Waals surface area contributed by atoms with Gasteiger partial charge in [-0.25, -0.2) is 9.78 Å². The Kier molecular flexibility index (Phi) is 2.25. The lowest BCUT2D eigenvalue weighted by molar-refractivity contribution is 0.0686. The molecule has 1 N–H and O–H groups in total. The molecule has 5 heteroatoms. The number of aromatic nitrogens is 1. The minimum Gasteiger partial charge on any atom is -0.476 e. The summed E-state index contributed by atoms with van der Waals surface area (Å²) >= 11 is 0. The minimum absolute atomic E-state index is 0.000972. The summed E-state index contributed by atoms with van der Waals surface area (Å²) in [6.07, 6.45) is 1.96. The van der Waals surface area contributed by atoms with Crippen LogP contribution >= 0.6 is 0 Å². The van der Waals surface area contributed by atoms with Gasteiger partial charge in [-0.05, 0) is 13.3 Å². The zero-order valence-corrected chi connectivity index (χ0v) is 7.77. The predicted octanol–water partition coefficient (Wildman–Crippen LogP) is 1.27. The Bertz CT molecular complexity index is 346. The molecule has 0 bridgehead atoms. The van der Waals surface area contributed by atoms with Gasteiger partial charge in [0, 0.05) is 12.5 Å². The highest BCUT2D eigenvalue weighted by Crippen LogP contribution is 2.32. The molecule has 0 spiro atoms. The molecule has 1 saturated heterocycles. The SMILES string of the molecule is CC1OCCC1c1ocnc1C(=O)O. The van der Waals surface area contributed by atoms with Crippen LogP contribution < -0.4 is 0 Å². The van der Waals surface area contributed by atoms with Gasteiger partial charge in [-0.1, -0.05) is 0 Å². The lowest BCUT2D eigenvalue weighted by atomic mass is 9.98. The number of carboxylic acids is 1. The fourth-order valence-corrected chi connectivity index (χ4v) is 1.75. The quantitative estimate of drug-likeness (QED) is 0.772. The van der Waals surface area contributed by atoms with Crippen LogP contribution in [0.1, 0.15) is 35.5 Å². The summed E-state index contributed by atoms with van der Waals surface area (Å²) in [6, 6.07) is 0. The van der Waals surface area contributed by atoms with E-state index in [-0.39, 0.29) is 17.7 Å². The zero-order chi connectivity index (χ0) is 10.1. The maximum atomic E-state index is 10.8. The van der Waals surface area contributed by atoms with Crippen LogP contribution in [0.4, 0.5) is 0 Å². The van der Waals surface area contributed by atoms with E-state index in [1.54, 1.807) is 0 Å². The monoisotopic (exact) mass is 197 g/mol. The first-order valence-corrected chi connectivity index (χ1v) is 4.48. The second-order valence-electron chi connectivity index (χ2n) is 3.34. The molecule has 0 aliphatic carbocycles. The number of aromatic carboxylic acids is 1. The molecular formula is C9H11NO4. The fourth-order valence-electron chi connectivity index (χ4n) is 1.75. The van der Waals surface area contributed by atoms with Crippen molar-refractivity contribution in [2.45, 2.75) is 25.4 Å². The van der Waals surface area contributed by atoms with Crippen LogP contribution in [0.25, 0.3) is 0 Å². The highest BCUT2D eigenvalue weighted by atomic mass is 16.5. The molecule has 2 unspecified atom stereocenters. The van der Waals surface area contributed by atoms with E-state index in [4.69, 9.17) is 14.3 Å². The van der Waals surface area contributed by atoms with Crippen molar-refractivity contribution in [3.8, 4) is 0 Å². The third-order valence-corrected chi connectivity index (χ3v) is 2.51. The number of ether oxygens (including phenoxy) is 1. The largest absolute Gasteiger partial charge is 0.476 e. The fraction of sp³-hybridized carbons (Fsp3) is 0.556. The zero-order valence-electron chi connectivity index (χ0n) is 7.77. The van der Waals surface area contributed by atoms with Crippen molar-refractivity contribution >= 4 is 5.97 Å². The highest BCUT2D eigenvalue weighted by molar-refractivity contribution is 5.86. The number of hydrogen-bond donors (Lipinski definition) is 1. The van der Waals surface area contributed by atoms with Crippen LogP contribution in [0.5, 0.6) is 0 Å². The van der Waals surface area contributed by atoms with Crippen molar-refractivity contribution in [1.82, 2.24) is 4.98 Å². The van der Waals surface area contributed by atoms with E-state index in [1.165, 1.54) is 6.39 Å². The van der Waals surface area contributed by atoms with Crippen molar-refractivity contribution < 1.29 is 19.1 Å². The third-order valence-electron chi connectivity index (χ3n) is 2.51. The molecule has 2 rings (SSSR count). The molecule has 1 aromatic rings. The first-order valence-electron chi connectivity index (χ1n) is 4.48. The molecule has 14 heavy (non-hydrogen) atoms. The van der Waals surface area contributed by atoms with Gasteiger partial charge in [0.1, 0.15) is 5.76 Å². The molecular weight excluding hydrogens is 186 g/mol. The number of carbonyl (C=O) groups is 1. The summed E-state index contributed by atoms with van der Waals surface area (Å²) in [6.45, 7) is 2.55. The Morgan fingerprint density at radius 2 is 2.50 bits per heavy atom. The molecule has 76 valence electrons. The Balaban J connectivity index is 2.31. The molecule has 1 aromatic heterocycles. The first kappa shape index (κ1) is 9.21. The smallest absolute Gasteiger partial charge is 0.358 e. The van der Waals surface area contributed by atoms with Crippen LogP contribution in [0.3, 0.4) is 0 Å². The first-order chi connectivity index (χ1) is 6.70. The molecule has 0 amide bonds. The number of carboxylic acid groups (broad SMARTS) is 1. The van der Waals surface area contributed by atoms with Crippen LogP contribution in [0, 0.1) is 0 Å². The summed E-state index contributed by atoms with van der Waals surface area (Å²) in [5.41, 5.74) is 0.00681. The van der Waals surface area contributed by atoms with Gasteiger partial charge < -0.3 is 14.3 Å². The van der Waals surface area contributed by atoms with Gasteiger partial charge in [-0.15, -0.1) is 0 Å². The molecule has 0 aromatic carbocycles. The molecule has 0 saturated carbocycles.